The van der Waals surface area contributed by atoms with Crippen LogP contribution in [0.25, 0.3) is 0 Å². The van der Waals surface area contributed by atoms with Gasteiger partial charge in [0.25, 0.3) is 0 Å². The molecule has 0 rings (SSSR count). The van der Waals surface area contributed by atoms with Gasteiger partial charge in [-0.2, -0.15) is 0 Å². The summed E-state index contributed by atoms with van der Waals surface area (Å²) in [6.45, 7) is 0. The average molecular weight is 213 g/mol. The molecule has 0 aliphatic heterocycles. The molecule has 7 heteroatoms. The van der Waals surface area contributed by atoms with Crippen molar-refractivity contribution in [2.45, 2.75) is 10.9 Å². The molecule has 0 aliphatic carbocycles. The van der Waals surface area contributed by atoms with Crippen molar-refractivity contribution in [3.63, 3.8) is 0 Å². The second-order valence-corrected chi connectivity index (χ2v) is 2.66. The standard InChI is InChI=1S/C2AsF6/c4-1(5,3-9)2(6,7)8. The van der Waals surface area contributed by atoms with Crippen LogP contribution >= 0.6 is 0 Å². The Morgan fingerprint density at radius 2 is 1.22 bits per heavy atom. The van der Waals surface area contributed by atoms with Crippen LogP contribution in [-0.2, 0) is 0 Å². The van der Waals surface area contributed by atoms with E-state index < -0.39 is 27.1 Å². The van der Waals surface area contributed by atoms with Gasteiger partial charge in [-0.25, -0.2) is 0 Å². The predicted molar refractivity (Wildman–Crippen MR) is 17.9 cm³/mol. The SMILES string of the molecule is F[As]C(F)(F)C(F)(F)F. The zero-order chi connectivity index (χ0) is 7.71. The number of hydrogen-bond donors (Lipinski definition) is 0. The van der Waals surface area contributed by atoms with Gasteiger partial charge in [-0.05, 0) is 0 Å². The van der Waals surface area contributed by atoms with Gasteiger partial charge in [0.1, 0.15) is 0 Å². The molecule has 0 aromatic rings. The van der Waals surface area contributed by atoms with E-state index in [1.165, 1.54) is 0 Å². The van der Waals surface area contributed by atoms with E-state index in [1.54, 1.807) is 0 Å². The predicted octanol–water partition coefficient (Wildman–Crippen LogP) is 1.73. The van der Waals surface area contributed by atoms with Crippen molar-refractivity contribution in [1.29, 1.82) is 0 Å². The van der Waals surface area contributed by atoms with E-state index in [0.717, 1.165) is 0 Å². The molecule has 0 aromatic carbocycles. The van der Waals surface area contributed by atoms with Crippen LogP contribution in [0.5, 0.6) is 0 Å². The van der Waals surface area contributed by atoms with Gasteiger partial charge in [-0.15, -0.1) is 0 Å². The topological polar surface area (TPSA) is 0 Å². The van der Waals surface area contributed by atoms with Crippen molar-refractivity contribution in [1.82, 2.24) is 0 Å². The van der Waals surface area contributed by atoms with Crippen LogP contribution in [0.1, 0.15) is 0 Å². The van der Waals surface area contributed by atoms with Gasteiger partial charge in [0, 0.05) is 0 Å². The molecular weight excluding hydrogens is 213 g/mol. The Balaban J connectivity index is 4.14. The Morgan fingerprint density at radius 3 is 1.22 bits per heavy atom. The Kier molecular flexibility index (Phi) is 2.44. The normalized spacial score (nSPS) is 15.3. The van der Waals surface area contributed by atoms with Crippen molar-refractivity contribution in [2.75, 3.05) is 0 Å². The first kappa shape index (κ1) is 9.14. The van der Waals surface area contributed by atoms with Gasteiger partial charge in [0.2, 0.25) is 0 Å². The zero-order valence-electron chi connectivity index (χ0n) is 3.72. The monoisotopic (exact) mass is 213 g/mol. The molecule has 0 aromatic heterocycles. The number of alkyl halides is 5. The summed E-state index contributed by atoms with van der Waals surface area (Å²) in [5.74, 6) is 0. The van der Waals surface area contributed by atoms with Crippen molar-refractivity contribution in [2.24, 2.45) is 0 Å². The molecule has 0 bridgehead atoms. The van der Waals surface area contributed by atoms with Gasteiger partial charge in [-0.1, -0.05) is 0 Å². The molecule has 0 unspecified atom stereocenters. The van der Waals surface area contributed by atoms with Crippen molar-refractivity contribution >= 4 is 16.2 Å². The first-order valence-corrected chi connectivity index (χ1v) is 3.24. The van der Waals surface area contributed by atoms with Crippen molar-refractivity contribution in [3.05, 3.63) is 0 Å². The van der Waals surface area contributed by atoms with Crippen molar-refractivity contribution < 1.29 is 25.4 Å². The van der Waals surface area contributed by atoms with Crippen LogP contribution < -0.4 is 0 Å². The molecule has 0 heterocycles. The Morgan fingerprint density at radius 1 is 0.889 bits per heavy atom. The zero-order valence-corrected chi connectivity index (χ0v) is 5.59. The third-order valence-electron chi connectivity index (χ3n) is 0.447. The van der Waals surface area contributed by atoms with E-state index in [1.807, 2.05) is 0 Å². The molecule has 0 amide bonds. The molecule has 9 heavy (non-hydrogen) atoms. The van der Waals surface area contributed by atoms with Crippen LogP contribution in [0.3, 0.4) is 0 Å². The van der Waals surface area contributed by atoms with Crippen LogP contribution in [0, 0.1) is 0 Å². The molecular formula is C2AsF6. The first-order chi connectivity index (χ1) is 3.81. The van der Waals surface area contributed by atoms with Gasteiger partial charge in [0.05, 0.1) is 0 Å². The van der Waals surface area contributed by atoms with Crippen LogP contribution in [0.15, 0.2) is 0 Å². The fraction of sp³-hybridized carbons (Fsp3) is 1.00. The maximum absolute atomic E-state index is 11.2. The van der Waals surface area contributed by atoms with E-state index in [9.17, 15) is 25.4 Å². The van der Waals surface area contributed by atoms with E-state index in [0.29, 0.717) is 0 Å². The maximum atomic E-state index is 11.2. The van der Waals surface area contributed by atoms with Gasteiger partial charge in [-0.3, -0.25) is 0 Å². The van der Waals surface area contributed by atoms with E-state index in [4.69, 9.17) is 0 Å². The van der Waals surface area contributed by atoms with E-state index in [-0.39, 0.29) is 0 Å². The first-order valence-electron chi connectivity index (χ1n) is 1.59. The summed E-state index contributed by atoms with van der Waals surface area (Å²) in [5.41, 5.74) is 0. The molecule has 0 aliphatic rings. The minimum atomic E-state index is -5.72. The Hall–Kier alpha value is 0.138. The minimum absolute atomic E-state index is 3.46. The fourth-order valence-corrected chi connectivity index (χ4v) is 0.249. The summed E-state index contributed by atoms with van der Waals surface area (Å²) in [5, 5.41) is 0. The summed E-state index contributed by atoms with van der Waals surface area (Å²) >= 11 is -3.46. The quantitative estimate of drug-likeness (QED) is 0.459. The summed E-state index contributed by atoms with van der Waals surface area (Å²) in [4.78, 5) is 0. The van der Waals surface area contributed by atoms with E-state index in [2.05, 4.69) is 0 Å². The second-order valence-electron chi connectivity index (χ2n) is 1.12. The molecule has 0 saturated carbocycles. The van der Waals surface area contributed by atoms with Crippen LogP contribution in [0.4, 0.5) is 25.4 Å². The molecule has 0 fully saturated rings. The Labute approximate surface area is 53.4 Å². The van der Waals surface area contributed by atoms with Crippen LogP contribution in [-0.4, -0.2) is 27.1 Å². The summed E-state index contributed by atoms with van der Waals surface area (Å²) < 4.78 is 60.8. The molecule has 0 N–H and O–H groups in total. The summed E-state index contributed by atoms with van der Waals surface area (Å²) in [6.07, 6.45) is -5.72. The molecule has 0 saturated heterocycles. The molecule has 1 radical (unpaired) electrons. The molecule has 0 spiro atoms. The number of hydrogen-bond acceptors (Lipinski definition) is 0. The third kappa shape index (κ3) is 2.08. The third-order valence-corrected chi connectivity index (χ3v) is 1.42. The molecule has 0 nitrogen and oxygen atoms in total. The fourth-order valence-electron chi connectivity index (χ4n) is 0.0479. The summed E-state index contributed by atoms with van der Waals surface area (Å²) in [7, 11) is 0. The Bertz CT molecular complexity index is 93.7. The van der Waals surface area contributed by atoms with Gasteiger partial charge >= 0.3 is 52.5 Å². The average Bonchev–Trinajstić information content (AvgIpc) is 1.64. The van der Waals surface area contributed by atoms with Gasteiger partial charge in [0.15, 0.2) is 0 Å². The molecule has 0 atom stereocenters. The van der Waals surface area contributed by atoms with E-state index >= 15 is 0 Å². The van der Waals surface area contributed by atoms with Gasteiger partial charge < -0.3 is 0 Å². The van der Waals surface area contributed by atoms with Crippen molar-refractivity contribution in [3.8, 4) is 0 Å². The molecule has 55 valence electrons. The van der Waals surface area contributed by atoms with Crippen LogP contribution in [0.2, 0.25) is 0 Å². The summed E-state index contributed by atoms with van der Waals surface area (Å²) in [6, 6.07) is 0. The second kappa shape index (κ2) is 2.40. The number of rotatable bonds is 1. The number of halogens is 6.